The molecule has 14 heteroatoms. The summed E-state index contributed by atoms with van der Waals surface area (Å²) in [6, 6.07) is 5.07. The van der Waals surface area contributed by atoms with Crippen molar-refractivity contribution in [2.24, 2.45) is 0 Å². The molecule has 0 spiro atoms. The highest BCUT2D eigenvalue weighted by Gasteiger charge is 2.38. The summed E-state index contributed by atoms with van der Waals surface area (Å²) in [5.74, 6) is 0.579. The zero-order chi connectivity index (χ0) is 31.3. The van der Waals surface area contributed by atoms with Gasteiger partial charge in [0, 0.05) is 41.3 Å². The molecule has 0 atom stereocenters. The van der Waals surface area contributed by atoms with Gasteiger partial charge in [0.2, 0.25) is 0 Å². The van der Waals surface area contributed by atoms with Crippen LogP contribution in [0.15, 0.2) is 49.2 Å². The zero-order valence-electron chi connectivity index (χ0n) is 24.7. The number of hydrogen-bond acceptors (Lipinski definition) is 11. The molecule has 4 heterocycles. The summed E-state index contributed by atoms with van der Waals surface area (Å²) in [5.41, 5.74) is 0.211. The van der Waals surface area contributed by atoms with Crippen molar-refractivity contribution in [2.75, 3.05) is 10.6 Å². The summed E-state index contributed by atoms with van der Waals surface area (Å²) in [5, 5.41) is 31.3. The van der Waals surface area contributed by atoms with Crippen LogP contribution in [0, 0.1) is 5.82 Å². The molecule has 12 nitrogen and oxygen atoms in total. The molecule has 4 N–H and O–H groups in total. The van der Waals surface area contributed by atoms with Crippen LogP contribution >= 0.6 is 0 Å². The first kappa shape index (κ1) is 30.0. The van der Waals surface area contributed by atoms with Crippen LogP contribution < -0.4 is 10.6 Å². The van der Waals surface area contributed by atoms with E-state index in [1.165, 1.54) is 32.3 Å². The number of nitrogens with zero attached hydrogens (tertiary/aromatic N) is 6. The third-order valence-corrected chi connectivity index (χ3v) is 10.1. The van der Waals surface area contributed by atoms with E-state index in [-0.39, 0.29) is 11.6 Å². The molecule has 0 radical (unpaired) electrons. The monoisotopic (exact) mass is 622 g/mol. The minimum atomic E-state index is -3.51. The van der Waals surface area contributed by atoms with E-state index in [2.05, 4.69) is 35.7 Å². The Labute approximate surface area is 254 Å². The van der Waals surface area contributed by atoms with Crippen molar-refractivity contribution in [3.63, 3.8) is 0 Å². The molecule has 0 amide bonds. The summed E-state index contributed by atoms with van der Waals surface area (Å²) in [6.07, 6.45) is 11.2. The van der Waals surface area contributed by atoms with Crippen LogP contribution in [-0.4, -0.2) is 64.6 Å². The highest BCUT2D eigenvalue weighted by Crippen LogP contribution is 2.36. The molecule has 2 saturated carbocycles. The Balaban J connectivity index is 1.30. The molecule has 2 aliphatic rings. The third-order valence-electron chi connectivity index (χ3n) is 8.05. The van der Waals surface area contributed by atoms with Crippen molar-refractivity contribution in [1.29, 1.82) is 0 Å². The fourth-order valence-electron chi connectivity index (χ4n) is 5.28. The second-order valence-electron chi connectivity index (χ2n) is 12.4. The van der Waals surface area contributed by atoms with Crippen molar-refractivity contribution in [3.05, 3.63) is 60.6 Å². The van der Waals surface area contributed by atoms with E-state index in [0.717, 1.165) is 23.1 Å². The molecule has 6 rings (SSSR count). The fourth-order valence-corrected chi connectivity index (χ4v) is 6.76. The molecule has 0 saturated heterocycles. The first-order chi connectivity index (χ1) is 20.8. The van der Waals surface area contributed by atoms with E-state index in [1.807, 2.05) is 6.92 Å². The molecule has 0 bridgehead atoms. The Bertz CT molecular complexity index is 1790. The molecule has 0 aromatic carbocycles. The minimum absolute atomic E-state index is 0.0764. The molecule has 4 aromatic rings. The second kappa shape index (κ2) is 11.2. The standard InChI is InChI=1S/C30H35FN8O4S/c1-29(2,40)22-12-24(33-16-23(22)31)21-15-34-27(13-25(21)36-19-6-9-30(3,41)10-7-19)37-26-8-11-32-28(38-26)18-14-35-39(17-18)44(42,43)20-4-5-20/h8,11-17,19-20,40-41H,4-7,9-10H2,1-3H3,(H2,32,34,36,37,38). The molecule has 0 unspecified atom stereocenters. The summed E-state index contributed by atoms with van der Waals surface area (Å²) in [7, 11) is -3.51. The molecule has 0 aliphatic heterocycles. The normalized spacial score (nSPS) is 20.8. The van der Waals surface area contributed by atoms with E-state index in [4.69, 9.17) is 0 Å². The number of nitrogens with one attached hydrogen (secondary N) is 2. The van der Waals surface area contributed by atoms with Gasteiger partial charge in [-0.05, 0) is 71.4 Å². The van der Waals surface area contributed by atoms with Gasteiger partial charge in [-0.15, -0.1) is 0 Å². The van der Waals surface area contributed by atoms with E-state index >= 15 is 0 Å². The van der Waals surface area contributed by atoms with Crippen molar-refractivity contribution in [3.8, 4) is 22.6 Å². The van der Waals surface area contributed by atoms with Crippen LogP contribution in [-0.2, 0) is 15.6 Å². The third kappa shape index (κ3) is 6.42. The Morgan fingerprint density at radius 3 is 2.50 bits per heavy atom. The SMILES string of the molecule is CC1(O)CCC(Nc2cc(Nc3ccnc(-c4cnn(S(=O)(=O)C5CC5)c4)n3)ncc2-c2cc(C(C)(C)O)c(F)cn2)CC1. The lowest BCUT2D eigenvalue weighted by atomic mass is 9.83. The van der Waals surface area contributed by atoms with Crippen molar-refractivity contribution < 1.29 is 23.0 Å². The lowest BCUT2D eigenvalue weighted by molar-refractivity contribution is 0.0196. The van der Waals surface area contributed by atoms with Gasteiger partial charge in [-0.1, -0.05) is 0 Å². The van der Waals surface area contributed by atoms with Crippen molar-refractivity contribution >= 4 is 27.3 Å². The van der Waals surface area contributed by atoms with Crippen LogP contribution in [0.1, 0.15) is 64.9 Å². The number of aliphatic hydroxyl groups is 2. The topological polar surface area (TPSA) is 168 Å². The first-order valence-electron chi connectivity index (χ1n) is 14.6. The van der Waals surface area contributed by atoms with Crippen LogP contribution in [0.25, 0.3) is 22.6 Å². The smallest absolute Gasteiger partial charge is 0.256 e. The predicted molar refractivity (Wildman–Crippen MR) is 163 cm³/mol. The Kier molecular flexibility index (Phi) is 7.62. The molecule has 2 fully saturated rings. The predicted octanol–water partition coefficient (Wildman–Crippen LogP) is 4.35. The number of anilines is 3. The van der Waals surface area contributed by atoms with Crippen molar-refractivity contribution in [1.82, 2.24) is 29.1 Å². The number of aromatic nitrogens is 6. The number of pyridine rings is 2. The van der Waals surface area contributed by atoms with E-state index in [1.54, 1.807) is 24.5 Å². The Morgan fingerprint density at radius 1 is 1.05 bits per heavy atom. The van der Waals surface area contributed by atoms with Gasteiger partial charge in [0.15, 0.2) is 5.82 Å². The summed E-state index contributed by atoms with van der Waals surface area (Å²) in [6.45, 7) is 4.87. The van der Waals surface area contributed by atoms with Crippen LogP contribution in [0.2, 0.25) is 0 Å². The Hall–Kier alpha value is -4.01. The molecular weight excluding hydrogens is 587 g/mol. The van der Waals surface area contributed by atoms with E-state index in [9.17, 15) is 23.0 Å². The minimum Gasteiger partial charge on any atom is -0.390 e. The quantitative estimate of drug-likeness (QED) is 0.209. The zero-order valence-corrected chi connectivity index (χ0v) is 25.5. The van der Waals surface area contributed by atoms with Gasteiger partial charge in [0.25, 0.3) is 10.0 Å². The van der Waals surface area contributed by atoms with Gasteiger partial charge in [0.1, 0.15) is 17.5 Å². The molecule has 2 aliphatic carbocycles. The molecular formula is C30H35FN8O4S. The van der Waals surface area contributed by atoms with Gasteiger partial charge < -0.3 is 20.8 Å². The summed E-state index contributed by atoms with van der Waals surface area (Å²) >= 11 is 0. The van der Waals surface area contributed by atoms with Gasteiger partial charge >= 0.3 is 0 Å². The van der Waals surface area contributed by atoms with Crippen LogP contribution in [0.3, 0.4) is 0 Å². The Morgan fingerprint density at radius 2 is 1.80 bits per heavy atom. The number of hydrogen-bond donors (Lipinski definition) is 4. The van der Waals surface area contributed by atoms with Gasteiger partial charge in [0.05, 0.1) is 46.3 Å². The molecule has 4 aromatic heterocycles. The lowest BCUT2D eigenvalue weighted by Gasteiger charge is -2.34. The fraction of sp³-hybridized carbons (Fsp3) is 0.433. The lowest BCUT2D eigenvalue weighted by Crippen LogP contribution is -2.35. The highest BCUT2D eigenvalue weighted by atomic mass is 32.2. The van der Waals surface area contributed by atoms with Crippen LogP contribution in [0.5, 0.6) is 0 Å². The van der Waals surface area contributed by atoms with Crippen molar-refractivity contribution in [2.45, 2.75) is 81.8 Å². The largest absolute Gasteiger partial charge is 0.390 e. The highest BCUT2D eigenvalue weighted by molar-refractivity contribution is 7.90. The average Bonchev–Trinajstić information content (AvgIpc) is 3.71. The van der Waals surface area contributed by atoms with Gasteiger partial charge in [-0.25, -0.2) is 27.8 Å². The first-order valence-corrected chi connectivity index (χ1v) is 16.1. The molecule has 232 valence electrons. The number of rotatable bonds is 9. The summed E-state index contributed by atoms with van der Waals surface area (Å²) < 4.78 is 40.6. The van der Waals surface area contributed by atoms with Gasteiger partial charge in [-0.2, -0.15) is 9.19 Å². The van der Waals surface area contributed by atoms with Crippen LogP contribution in [0.4, 0.5) is 21.7 Å². The summed E-state index contributed by atoms with van der Waals surface area (Å²) in [4.78, 5) is 17.7. The molecule has 44 heavy (non-hydrogen) atoms. The maximum Gasteiger partial charge on any atom is 0.256 e. The van der Waals surface area contributed by atoms with Gasteiger partial charge in [-0.3, -0.25) is 4.98 Å². The number of halogens is 1. The van der Waals surface area contributed by atoms with E-state index < -0.39 is 32.3 Å². The maximum absolute atomic E-state index is 14.6. The van der Waals surface area contributed by atoms with E-state index in [0.29, 0.717) is 65.7 Å². The average molecular weight is 623 g/mol. The maximum atomic E-state index is 14.6. The second-order valence-corrected chi connectivity index (χ2v) is 14.4.